The number of hydrogen-bond donors (Lipinski definition) is 2. The van der Waals surface area contributed by atoms with E-state index in [2.05, 4.69) is 61.1 Å². The average Bonchev–Trinajstić information content (AvgIpc) is 2.75. The highest BCUT2D eigenvalue weighted by Crippen LogP contribution is 2.22. The van der Waals surface area contributed by atoms with Crippen LogP contribution in [-0.2, 0) is 13.1 Å². The van der Waals surface area contributed by atoms with Gasteiger partial charge in [-0.1, -0.05) is 39.0 Å². The van der Waals surface area contributed by atoms with Crippen molar-refractivity contribution in [3.8, 4) is 0 Å². The second kappa shape index (κ2) is 6.22. The number of hydrogen-bond acceptors (Lipinski definition) is 2. The van der Waals surface area contributed by atoms with Gasteiger partial charge in [0.2, 0.25) is 0 Å². The lowest BCUT2D eigenvalue weighted by atomic mass is 10.1. The van der Waals surface area contributed by atoms with E-state index in [1.165, 1.54) is 16.5 Å². The SMILES string of the molecule is CC(CO)Cn1cc(CNC(C)C)c2ccccc21. The molecule has 2 rings (SSSR count). The Morgan fingerprint density at radius 3 is 2.63 bits per heavy atom. The molecule has 0 saturated heterocycles. The van der Waals surface area contributed by atoms with Crippen LogP contribution in [0.5, 0.6) is 0 Å². The molecule has 0 aliphatic carbocycles. The van der Waals surface area contributed by atoms with E-state index < -0.39 is 0 Å². The van der Waals surface area contributed by atoms with E-state index in [9.17, 15) is 5.11 Å². The van der Waals surface area contributed by atoms with Crippen LogP contribution in [0.3, 0.4) is 0 Å². The first-order valence-corrected chi connectivity index (χ1v) is 7.02. The van der Waals surface area contributed by atoms with Gasteiger partial charge in [-0.3, -0.25) is 0 Å². The van der Waals surface area contributed by atoms with Crippen LogP contribution in [0.4, 0.5) is 0 Å². The zero-order chi connectivity index (χ0) is 13.8. The lowest BCUT2D eigenvalue weighted by Gasteiger charge is -2.10. The molecular weight excluding hydrogens is 236 g/mol. The fourth-order valence-electron chi connectivity index (χ4n) is 2.32. The second-order valence-electron chi connectivity index (χ2n) is 5.65. The van der Waals surface area contributed by atoms with E-state index in [0.717, 1.165) is 13.1 Å². The van der Waals surface area contributed by atoms with Crippen molar-refractivity contribution in [1.82, 2.24) is 9.88 Å². The molecule has 104 valence electrons. The number of fused-ring (bicyclic) bond motifs is 1. The van der Waals surface area contributed by atoms with Gasteiger partial charge in [-0.15, -0.1) is 0 Å². The predicted octanol–water partition coefficient (Wildman–Crippen LogP) is 2.77. The normalized spacial score (nSPS) is 13.3. The molecule has 1 heterocycles. The highest BCUT2D eigenvalue weighted by atomic mass is 16.3. The zero-order valence-corrected chi connectivity index (χ0v) is 12.1. The van der Waals surface area contributed by atoms with Crippen molar-refractivity contribution in [2.24, 2.45) is 5.92 Å². The number of rotatable bonds is 6. The van der Waals surface area contributed by atoms with Crippen molar-refractivity contribution in [2.75, 3.05) is 6.61 Å². The smallest absolute Gasteiger partial charge is 0.0483 e. The average molecular weight is 260 g/mol. The van der Waals surface area contributed by atoms with Gasteiger partial charge < -0.3 is 15.0 Å². The zero-order valence-electron chi connectivity index (χ0n) is 12.1. The summed E-state index contributed by atoms with van der Waals surface area (Å²) in [4.78, 5) is 0. The minimum Gasteiger partial charge on any atom is -0.396 e. The van der Waals surface area contributed by atoms with Gasteiger partial charge in [0.15, 0.2) is 0 Å². The minimum atomic E-state index is 0.228. The van der Waals surface area contributed by atoms with Crippen molar-refractivity contribution < 1.29 is 5.11 Å². The first kappa shape index (κ1) is 14.1. The number of aliphatic hydroxyl groups excluding tert-OH is 1. The van der Waals surface area contributed by atoms with Crippen LogP contribution in [0.2, 0.25) is 0 Å². The summed E-state index contributed by atoms with van der Waals surface area (Å²) < 4.78 is 2.26. The molecule has 1 aromatic carbocycles. The number of aliphatic hydroxyl groups is 1. The van der Waals surface area contributed by atoms with Crippen molar-refractivity contribution in [2.45, 2.75) is 39.9 Å². The Morgan fingerprint density at radius 2 is 1.95 bits per heavy atom. The summed E-state index contributed by atoms with van der Waals surface area (Å²) in [6.07, 6.45) is 2.21. The first-order chi connectivity index (χ1) is 9.11. The first-order valence-electron chi connectivity index (χ1n) is 7.02. The van der Waals surface area contributed by atoms with E-state index in [1.54, 1.807) is 0 Å². The Balaban J connectivity index is 2.31. The summed E-state index contributed by atoms with van der Waals surface area (Å²) in [5.74, 6) is 0.279. The highest BCUT2D eigenvalue weighted by molar-refractivity contribution is 5.83. The van der Waals surface area contributed by atoms with Gasteiger partial charge in [0.25, 0.3) is 0 Å². The quantitative estimate of drug-likeness (QED) is 0.838. The van der Waals surface area contributed by atoms with Crippen LogP contribution in [0.25, 0.3) is 10.9 Å². The molecule has 0 spiro atoms. The summed E-state index contributed by atoms with van der Waals surface area (Å²) in [5, 5.41) is 14.0. The second-order valence-corrected chi connectivity index (χ2v) is 5.65. The van der Waals surface area contributed by atoms with Gasteiger partial charge >= 0.3 is 0 Å². The number of nitrogens with zero attached hydrogens (tertiary/aromatic N) is 1. The maximum atomic E-state index is 9.23. The molecule has 1 unspecified atom stereocenters. The van der Waals surface area contributed by atoms with Crippen molar-refractivity contribution >= 4 is 10.9 Å². The molecule has 0 bridgehead atoms. The molecule has 0 aliphatic rings. The lowest BCUT2D eigenvalue weighted by Crippen LogP contribution is -2.21. The maximum absolute atomic E-state index is 9.23. The van der Waals surface area contributed by atoms with Crippen molar-refractivity contribution in [1.29, 1.82) is 0 Å². The third-order valence-electron chi connectivity index (χ3n) is 3.39. The Kier molecular flexibility index (Phi) is 4.61. The van der Waals surface area contributed by atoms with Crippen LogP contribution in [0.1, 0.15) is 26.3 Å². The summed E-state index contributed by atoms with van der Waals surface area (Å²) in [6, 6.07) is 8.97. The van der Waals surface area contributed by atoms with Gasteiger partial charge in [0, 0.05) is 42.8 Å². The number of aromatic nitrogens is 1. The van der Waals surface area contributed by atoms with E-state index in [4.69, 9.17) is 0 Å². The van der Waals surface area contributed by atoms with Gasteiger partial charge in [0.05, 0.1) is 0 Å². The van der Waals surface area contributed by atoms with Crippen LogP contribution < -0.4 is 5.32 Å². The molecule has 3 nitrogen and oxygen atoms in total. The molecule has 2 aromatic rings. The van der Waals surface area contributed by atoms with Gasteiger partial charge in [0.1, 0.15) is 0 Å². The molecular formula is C16H24N2O. The molecule has 0 aliphatic heterocycles. The molecule has 0 amide bonds. The van der Waals surface area contributed by atoms with E-state index >= 15 is 0 Å². The number of para-hydroxylation sites is 1. The van der Waals surface area contributed by atoms with Crippen molar-refractivity contribution in [3.63, 3.8) is 0 Å². The monoisotopic (exact) mass is 260 g/mol. The standard InChI is InChI=1S/C16H24N2O/c1-12(2)17-8-14-10-18(9-13(3)11-19)16-7-5-4-6-15(14)16/h4-7,10,12-13,17,19H,8-9,11H2,1-3H3. The summed E-state index contributed by atoms with van der Waals surface area (Å²) >= 11 is 0. The van der Waals surface area contributed by atoms with Gasteiger partial charge in [-0.2, -0.15) is 0 Å². The molecule has 0 fully saturated rings. The highest BCUT2D eigenvalue weighted by Gasteiger charge is 2.10. The number of benzene rings is 1. The van der Waals surface area contributed by atoms with E-state index in [1.807, 2.05) is 0 Å². The molecule has 0 radical (unpaired) electrons. The molecule has 19 heavy (non-hydrogen) atoms. The van der Waals surface area contributed by atoms with Crippen LogP contribution in [0, 0.1) is 5.92 Å². The number of nitrogens with one attached hydrogen (secondary N) is 1. The fourth-order valence-corrected chi connectivity index (χ4v) is 2.32. The Morgan fingerprint density at radius 1 is 1.21 bits per heavy atom. The minimum absolute atomic E-state index is 0.228. The van der Waals surface area contributed by atoms with Crippen LogP contribution in [0.15, 0.2) is 30.5 Å². The van der Waals surface area contributed by atoms with Crippen LogP contribution in [-0.4, -0.2) is 22.3 Å². The Bertz CT molecular complexity index is 531. The Hall–Kier alpha value is -1.32. The summed E-state index contributed by atoms with van der Waals surface area (Å²) in [5.41, 5.74) is 2.58. The molecule has 1 aromatic heterocycles. The van der Waals surface area contributed by atoms with Crippen LogP contribution >= 0.6 is 0 Å². The van der Waals surface area contributed by atoms with Gasteiger partial charge in [-0.05, 0) is 17.5 Å². The summed E-state index contributed by atoms with van der Waals surface area (Å²) in [6.45, 7) is 8.37. The molecule has 3 heteroatoms. The van der Waals surface area contributed by atoms with E-state index in [-0.39, 0.29) is 12.5 Å². The molecule has 0 saturated carbocycles. The third kappa shape index (κ3) is 3.37. The van der Waals surface area contributed by atoms with Gasteiger partial charge in [-0.25, -0.2) is 0 Å². The predicted molar refractivity (Wildman–Crippen MR) is 80.2 cm³/mol. The Labute approximate surface area is 115 Å². The third-order valence-corrected chi connectivity index (χ3v) is 3.39. The topological polar surface area (TPSA) is 37.2 Å². The lowest BCUT2D eigenvalue weighted by molar-refractivity contribution is 0.224. The fraction of sp³-hybridized carbons (Fsp3) is 0.500. The molecule has 2 N–H and O–H groups in total. The largest absolute Gasteiger partial charge is 0.396 e. The van der Waals surface area contributed by atoms with E-state index in [0.29, 0.717) is 6.04 Å². The summed E-state index contributed by atoms with van der Waals surface area (Å²) in [7, 11) is 0. The maximum Gasteiger partial charge on any atom is 0.0483 e. The van der Waals surface area contributed by atoms with Crippen molar-refractivity contribution in [3.05, 3.63) is 36.0 Å². The molecule has 1 atom stereocenters.